The number of aromatic nitrogens is 1. The van der Waals surface area contributed by atoms with Gasteiger partial charge in [-0.15, -0.1) is 0 Å². The molecular formula is C27H31N3O6. The molecule has 4 rings (SSSR count). The van der Waals surface area contributed by atoms with Crippen LogP contribution in [0.4, 0.5) is 4.79 Å². The van der Waals surface area contributed by atoms with E-state index in [0.717, 1.165) is 0 Å². The Bertz CT molecular complexity index is 1140. The van der Waals surface area contributed by atoms with Crippen molar-refractivity contribution in [2.75, 3.05) is 19.7 Å². The summed E-state index contributed by atoms with van der Waals surface area (Å²) in [5.41, 5.74) is 0.900. The Hall–Kier alpha value is -3.88. The van der Waals surface area contributed by atoms with E-state index in [1.165, 1.54) is 4.90 Å². The van der Waals surface area contributed by atoms with E-state index in [9.17, 15) is 19.5 Å². The lowest BCUT2D eigenvalue weighted by molar-refractivity contribution is -0.142. The molecule has 190 valence electrons. The summed E-state index contributed by atoms with van der Waals surface area (Å²) < 4.78 is 10.8. The lowest BCUT2D eigenvalue weighted by atomic mass is 9.96. The number of amides is 2. The van der Waals surface area contributed by atoms with Crippen LogP contribution in [0.15, 0.2) is 54.2 Å². The third kappa shape index (κ3) is 5.05. The van der Waals surface area contributed by atoms with Gasteiger partial charge in [0.15, 0.2) is 0 Å². The Morgan fingerprint density at radius 1 is 1.11 bits per heavy atom. The second-order valence-corrected chi connectivity index (χ2v) is 9.07. The average Bonchev–Trinajstić information content (AvgIpc) is 3.15. The zero-order valence-corrected chi connectivity index (χ0v) is 20.7. The minimum Gasteiger partial charge on any atom is -0.507 e. The number of rotatable bonds is 6. The van der Waals surface area contributed by atoms with Gasteiger partial charge < -0.3 is 24.4 Å². The standard InChI is InChI=1S/C27H31N3O6/c1-4-35-27(34)29-15-12-19(13-16-29)30-23(21-7-5-6-14-28-21)22(25(32)26(30)33)24(31)18-8-10-20(11-9-18)36-17(2)3/h5-11,14,17,19,23,31H,4,12-13,15-16H2,1-3H3/b24-22+. The van der Waals surface area contributed by atoms with Gasteiger partial charge in [0.25, 0.3) is 11.7 Å². The first-order chi connectivity index (χ1) is 17.3. The fourth-order valence-corrected chi connectivity index (χ4v) is 4.72. The maximum absolute atomic E-state index is 13.3. The van der Waals surface area contributed by atoms with Crippen LogP contribution in [-0.2, 0) is 14.3 Å². The summed E-state index contributed by atoms with van der Waals surface area (Å²) in [6.07, 6.45) is 2.17. The van der Waals surface area contributed by atoms with E-state index in [1.807, 2.05) is 13.8 Å². The van der Waals surface area contributed by atoms with Crippen LogP contribution >= 0.6 is 0 Å². The number of hydrogen-bond acceptors (Lipinski definition) is 7. The first-order valence-corrected chi connectivity index (χ1v) is 12.2. The van der Waals surface area contributed by atoms with Gasteiger partial charge in [-0.05, 0) is 70.0 Å². The molecule has 0 saturated carbocycles. The molecule has 0 bridgehead atoms. The maximum Gasteiger partial charge on any atom is 0.409 e. The Morgan fingerprint density at radius 2 is 1.81 bits per heavy atom. The van der Waals surface area contributed by atoms with Gasteiger partial charge in [0.2, 0.25) is 0 Å². The molecule has 0 aliphatic carbocycles. The van der Waals surface area contributed by atoms with Gasteiger partial charge in [0, 0.05) is 30.9 Å². The number of hydrogen-bond donors (Lipinski definition) is 1. The molecule has 36 heavy (non-hydrogen) atoms. The second-order valence-electron chi connectivity index (χ2n) is 9.07. The van der Waals surface area contributed by atoms with Gasteiger partial charge in [-0.3, -0.25) is 14.6 Å². The molecule has 1 aromatic carbocycles. The third-order valence-electron chi connectivity index (χ3n) is 6.33. The van der Waals surface area contributed by atoms with E-state index >= 15 is 0 Å². The van der Waals surface area contributed by atoms with Crippen molar-refractivity contribution in [3.63, 3.8) is 0 Å². The monoisotopic (exact) mass is 493 g/mol. The Morgan fingerprint density at radius 3 is 2.39 bits per heavy atom. The highest BCUT2D eigenvalue weighted by molar-refractivity contribution is 6.46. The number of benzene rings is 1. The molecule has 1 atom stereocenters. The number of piperidine rings is 1. The lowest BCUT2D eigenvalue weighted by Gasteiger charge is -2.38. The predicted octanol–water partition coefficient (Wildman–Crippen LogP) is 3.91. The highest BCUT2D eigenvalue weighted by atomic mass is 16.6. The van der Waals surface area contributed by atoms with Crippen molar-refractivity contribution in [2.45, 2.75) is 51.8 Å². The summed E-state index contributed by atoms with van der Waals surface area (Å²) in [6, 6.07) is 10.9. The smallest absolute Gasteiger partial charge is 0.409 e. The van der Waals surface area contributed by atoms with Crippen molar-refractivity contribution < 1.29 is 29.0 Å². The molecule has 0 radical (unpaired) electrons. The second kappa shape index (κ2) is 10.8. The average molecular weight is 494 g/mol. The SMILES string of the molecule is CCOC(=O)N1CCC(N2C(=O)C(=O)/C(=C(/O)c3ccc(OC(C)C)cc3)C2c2ccccn2)CC1. The van der Waals surface area contributed by atoms with Gasteiger partial charge in [0.05, 0.1) is 24.0 Å². The van der Waals surface area contributed by atoms with Crippen molar-refractivity contribution in [3.8, 4) is 5.75 Å². The van der Waals surface area contributed by atoms with E-state index in [4.69, 9.17) is 9.47 Å². The van der Waals surface area contributed by atoms with Crippen molar-refractivity contribution in [1.82, 2.24) is 14.8 Å². The molecule has 9 heteroatoms. The number of likely N-dealkylation sites (tertiary alicyclic amines) is 2. The van der Waals surface area contributed by atoms with Crippen LogP contribution in [0.2, 0.25) is 0 Å². The summed E-state index contributed by atoms with van der Waals surface area (Å²) >= 11 is 0. The topological polar surface area (TPSA) is 109 Å². The molecule has 2 saturated heterocycles. The maximum atomic E-state index is 13.3. The quantitative estimate of drug-likeness (QED) is 0.369. The van der Waals surface area contributed by atoms with Gasteiger partial charge in [-0.2, -0.15) is 0 Å². The molecule has 2 fully saturated rings. The van der Waals surface area contributed by atoms with Crippen LogP contribution in [-0.4, -0.2) is 69.5 Å². The third-order valence-corrected chi connectivity index (χ3v) is 6.33. The molecule has 1 aromatic heterocycles. The molecule has 9 nitrogen and oxygen atoms in total. The van der Waals surface area contributed by atoms with E-state index in [1.54, 1.807) is 60.5 Å². The van der Waals surface area contributed by atoms with E-state index in [0.29, 0.717) is 42.9 Å². The summed E-state index contributed by atoms with van der Waals surface area (Å²) in [4.78, 5) is 46.3. The van der Waals surface area contributed by atoms with Crippen molar-refractivity contribution in [1.29, 1.82) is 0 Å². The number of aliphatic hydroxyl groups is 1. The Labute approximate surface area is 210 Å². The zero-order valence-electron chi connectivity index (χ0n) is 20.7. The summed E-state index contributed by atoms with van der Waals surface area (Å²) in [6.45, 7) is 6.68. The summed E-state index contributed by atoms with van der Waals surface area (Å²) in [7, 11) is 0. The van der Waals surface area contributed by atoms with Crippen molar-refractivity contribution in [3.05, 3.63) is 65.5 Å². The molecule has 0 spiro atoms. The summed E-state index contributed by atoms with van der Waals surface area (Å²) in [5, 5.41) is 11.2. The van der Waals surface area contributed by atoms with Gasteiger partial charge in [-0.1, -0.05) is 6.07 Å². The molecule has 2 aliphatic rings. The van der Waals surface area contributed by atoms with Gasteiger partial charge >= 0.3 is 6.09 Å². The molecule has 3 heterocycles. The minimum atomic E-state index is -0.836. The number of ether oxygens (including phenoxy) is 2. The number of carbonyl (C=O) groups is 3. The van der Waals surface area contributed by atoms with Crippen LogP contribution in [0.25, 0.3) is 5.76 Å². The molecule has 2 aromatic rings. The zero-order chi connectivity index (χ0) is 25.8. The number of nitrogens with zero attached hydrogens (tertiary/aromatic N) is 3. The van der Waals surface area contributed by atoms with E-state index in [-0.39, 0.29) is 36.2 Å². The number of Topliss-reactive ketones (excluding diaryl/α,β-unsaturated/α-hetero) is 1. The Kier molecular flexibility index (Phi) is 7.57. The normalized spacial score (nSPS) is 20.2. The van der Waals surface area contributed by atoms with Crippen molar-refractivity contribution >= 4 is 23.5 Å². The first kappa shape index (κ1) is 25.2. The predicted molar refractivity (Wildman–Crippen MR) is 132 cm³/mol. The number of carbonyl (C=O) groups excluding carboxylic acids is 3. The molecule has 1 N–H and O–H groups in total. The molecule has 2 amide bonds. The number of aliphatic hydroxyl groups excluding tert-OH is 1. The first-order valence-electron chi connectivity index (χ1n) is 12.2. The minimum absolute atomic E-state index is 0.00375. The molecular weight excluding hydrogens is 462 g/mol. The highest BCUT2D eigenvalue weighted by Gasteiger charge is 2.50. The van der Waals surface area contributed by atoms with Crippen LogP contribution in [0.1, 0.15) is 50.9 Å². The van der Waals surface area contributed by atoms with Gasteiger partial charge in [-0.25, -0.2) is 4.79 Å². The highest BCUT2D eigenvalue weighted by Crippen LogP contribution is 2.41. The lowest BCUT2D eigenvalue weighted by Crippen LogP contribution is -2.48. The van der Waals surface area contributed by atoms with Crippen LogP contribution in [0.5, 0.6) is 5.75 Å². The largest absolute Gasteiger partial charge is 0.507 e. The summed E-state index contributed by atoms with van der Waals surface area (Å²) in [5.74, 6) is -1.05. The van der Waals surface area contributed by atoms with Crippen LogP contribution in [0.3, 0.4) is 0 Å². The molecule has 2 aliphatic heterocycles. The van der Waals surface area contributed by atoms with Gasteiger partial charge in [0.1, 0.15) is 17.6 Å². The van der Waals surface area contributed by atoms with E-state index < -0.39 is 17.7 Å². The number of ketones is 1. The van der Waals surface area contributed by atoms with Crippen LogP contribution < -0.4 is 4.74 Å². The number of pyridine rings is 1. The van der Waals surface area contributed by atoms with E-state index in [2.05, 4.69) is 4.98 Å². The fraction of sp³-hybridized carbons (Fsp3) is 0.407. The Balaban J connectivity index is 1.68. The fourth-order valence-electron chi connectivity index (χ4n) is 4.72. The molecule has 1 unspecified atom stereocenters. The van der Waals surface area contributed by atoms with Crippen molar-refractivity contribution in [2.24, 2.45) is 0 Å². The van der Waals surface area contributed by atoms with Crippen LogP contribution in [0, 0.1) is 0 Å².